The highest BCUT2D eigenvalue weighted by molar-refractivity contribution is 6.09. The lowest BCUT2D eigenvalue weighted by Gasteiger charge is -2.27. The lowest BCUT2D eigenvalue weighted by atomic mass is 9.99. The zero-order chi connectivity index (χ0) is 22.2. The topological polar surface area (TPSA) is 89.7 Å². The number of carbonyl (C=O) groups excluding carboxylic acids is 1. The van der Waals surface area contributed by atoms with E-state index < -0.39 is 0 Å². The number of aromatic nitrogens is 4. The van der Waals surface area contributed by atoms with E-state index in [0.717, 1.165) is 64.7 Å². The predicted molar refractivity (Wildman–Crippen MR) is 132 cm³/mol. The summed E-state index contributed by atoms with van der Waals surface area (Å²) in [4.78, 5) is 23.4. The molecule has 4 heterocycles. The second-order valence-corrected chi connectivity index (χ2v) is 8.48. The maximum atomic E-state index is 13.2. The molecule has 164 valence electrons. The molecule has 0 radical (unpaired) electrons. The molecule has 1 fully saturated rings. The Morgan fingerprint density at radius 1 is 0.939 bits per heavy atom. The molecule has 0 saturated carbocycles. The van der Waals surface area contributed by atoms with Crippen molar-refractivity contribution in [1.29, 1.82) is 0 Å². The summed E-state index contributed by atoms with van der Waals surface area (Å²) in [5.41, 5.74) is 5.15. The Kier molecular flexibility index (Phi) is 4.79. The van der Waals surface area contributed by atoms with Crippen LogP contribution in [0.15, 0.2) is 67.0 Å². The van der Waals surface area contributed by atoms with Crippen LogP contribution in [-0.4, -0.2) is 39.2 Å². The van der Waals surface area contributed by atoms with Gasteiger partial charge in [-0.25, -0.2) is 4.98 Å². The highest BCUT2D eigenvalue weighted by Crippen LogP contribution is 2.34. The molecule has 0 spiro atoms. The van der Waals surface area contributed by atoms with E-state index in [4.69, 9.17) is 0 Å². The number of nitrogens with zero attached hydrogens (tertiary/aromatic N) is 3. The van der Waals surface area contributed by atoms with Crippen molar-refractivity contribution in [2.24, 2.45) is 0 Å². The van der Waals surface area contributed by atoms with Crippen LogP contribution in [0.3, 0.4) is 0 Å². The van der Waals surface area contributed by atoms with Gasteiger partial charge >= 0.3 is 0 Å². The number of hydrogen-bond donors (Lipinski definition) is 3. The smallest absolute Gasteiger partial charge is 0.274 e. The summed E-state index contributed by atoms with van der Waals surface area (Å²) in [6.07, 6.45) is 7.26. The molecule has 7 nitrogen and oxygen atoms in total. The standard InChI is InChI=1S/C26H24N6O/c33-26(22-8-5-9-25(29-22)32-12-2-1-3-13-32)30-23-14-17(15-24-20(23)16-28-31-24)18-6-4-7-21-19(18)10-11-27-21/h4-11,14-16,27H,1-3,12-13H2,(H,28,31)(H,30,33). The Morgan fingerprint density at radius 2 is 1.82 bits per heavy atom. The summed E-state index contributed by atoms with van der Waals surface area (Å²) in [5, 5.41) is 12.3. The number of nitrogens with one attached hydrogen (secondary N) is 3. The van der Waals surface area contributed by atoms with Crippen LogP contribution in [0, 0.1) is 0 Å². The van der Waals surface area contributed by atoms with Gasteiger partial charge in [-0.3, -0.25) is 9.89 Å². The molecule has 0 aliphatic carbocycles. The number of hydrogen-bond acceptors (Lipinski definition) is 4. The van der Waals surface area contributed by atoms with Crippen molar-refractivity contribution in [3.05, 3.63) is 72.7 Å². The summed E-state index contributed by atoms with van der Waals surface area (Å²) in [7, 11) is 0. The van der Waals surface area contributed by atoms with Gasteiger partial charge in [-0.05, 0) is 66.8 Å². The van der Waals surface area contributed by atoms with Crippen LogP contribution in [0.2, 0.25) is 0 Å². The molecule has 3 aromatic heterocycles. The second-order valence-electron chi connectivity index (χ2n) is 8.48. The van der Waals surface area contributed by atoms with Gasteiger partial charge in [0, 0.05) is 35.6 Å². The number of amides is 1. The number of fused-ring (bicyclic) bond motifs is 2. The molecule has 1 aliphatic heterocycles. The molecular weight excluding hydrogens is 412 g/mol. The maximum Gasteiger partial charge on any atom is 0.274 e. The monoisotopic (exact) mass is 436 g/mol. The minimum absolute atomic E-state index is 0.228. The van der Waals surface area contributed by atoms with Crippen molar-refractivity contribution < 1.29 is 4.79 Å². The van der Waals surface area contributed by atoms with Crippen LogP contribution in [-0.2, 0) is 0 Å². The molecule has 0 unspecified atom stereocenters. The average molecular weight is 437 g/mol. The first-order chi connectivity index (χ1) is 16.3. The number of rotatable bonds is 4. The van der Waals surface area contributed by atoms with Crippen molar-refractivity contribution >= 4 is 39.2 Å². The summed E-state index contributed by atoms with van der Waals surface area (Å²) in [6, 6.07) is 18.0. The third-order valence-electron chi connectivity index (χ3n) is 6.36. The summed E-state index contributed by atoms with van der Waals surface area (Å²) < 4.78 is 0. The molecule has 6 rings (SSSR count). The lowest BCUT2D eigenvalue weighted by Crippen LogP contribution is -2.30. The Balaban J connectivity index is 1.36. The number of anilines is 2. The average Bonchev–Trinajstić information content (AvgIpc) is 3.54. The van der Waals surface area contributed by atoms with E-state index in [0.29, 0.717) is 11.4 Å². The molecule has 1 amide bonds. The predicted octanol–water partition coefficient (Wildman–Crippen LogP) is 5.35. The van der Waals surface area contributed by atoms with Crippen LogP contribution in [0.5, 0.6) is 0 Å². The van der Waals surface area contributed by atoms with E-state index in [-0.39, 0.29) is 5.91 Å². The van der Waals surface area contributed by atoms with Crippen LogP contribution in [0.1, 0.15) is 29.8 Å². The van der Waals surface area contributed by atoms with Crippen LogP contribution >= 0.6 is 0 Å². The fraction of sp³-hybridized carbons (Fsp3) is 0.192. The normalized spacial score (nSPS) is 14.1. The minimum atomic E-state index is -0.228. The van der Waals surface area contributed by atoms with E-state index in [1.165, 1.54) is 6.42 Å². The van der Waals surface area contributed by atoms with Gasteiger partial charge in [0.05, 0.1) is 17.4 Å². The summed E-state index contributed by atoms with van der Waals surface area (Å²) in [5.74, 6) is 0.636. The van der Waals surface area contributed by atoms with E-state index in [1.54, 1.807) is 12.3 Å². The number of benzene rings is 2. The minimum Gasteiger partial charge on any atom is -0.361 e. The molecule has 0 atom stereocenters. The molecule has 3 N–H and O–H groups in total. The first-order valence-corrected chi connectivity index (χ1v) is 11.3. The Labute approximate surface area is 190 Å². The van der Waals surface area contributed by atoms with Gasteiger partial charge in [-0.15, -0.1) is 0 Å². The number of carbonyl (C=O) groups is 1. The van der Waals surface area contributed by atoms with Gasteiger partial charge in [-0.1, -0.05) is 18.2 Å². The van der Waals surface area contributed by atoms with Crippen molar-refractivity contribution in [3.8, 4) is 11.1 Å². The summed E-state index contributed by atoms with van der Waals surface area (Å²) >= 11 is 0. The van der Waals surface area contributed by atoms with Crippen molar-refractivity contribution in [2.45, 2.75) is 19.3 Å². The number of pyridine rings is 1. The van der Waals surface area contributed by atoms with Crippen LogP contribution in [0.4, 0.5) is 11.5 Å². The van der Waals surface area contributed by atoms with E-state index >= 15 is 0 Å². The first-order valence-electron chi connectivity index (χ1n) is 11.3. The van der Waals surface area contributed by atoms with Gasteiger partial charge in [0.25, 0.3) is 5.91 Å². The SMILES string of the molecule is O=C(Nc1cc(-c2cccc3[nH]ccc23)cc2[nH]ncc12)c1cccc(N2CCCCC2)n1. The fourth-order valence-electron chi connectivity index (χ4n) is 4.68. The van der Waals surface area contributed by atoms with E-state index in [1.807, 2.05) is 30.5 Å². The molecule has 7 heteroatoms. The zero-order valence-electron chi connectivity index (χ0n) is 18.1. The van der Waals surface area contributed by atoms with Gasteiger partial charge in [0.15, 0.2) is 0 Å². The third kappa shape index (κ3) is 3.61. The van der Waals surface area contributed by atoms with Crippen molar-refractivity contribution in [3.63, 3.8) is 0 Å². The Bertz CT molecular complexity index is 1460. The van der Waals surface area contributed by atoms with Gasteiger partial charge in [0.1, 0.15) is 11.5 Å². The highest BCUT2D eigenvalue weighted by Gasteiger charge is 2.17. The highest BCUT2D eigenvalue weighted by atomic mass is 16.1. The number of piperidine rings is 1. The molecule has 0 bridgehead atoms. The van der Waals surface area contributed by atoms with Crippen molar-refractivity contribution in [1.82, 2.24) is 20.2 Å². The van der Waals surface area contributed by atoms with Crippen LogP contribution in [0.25, 0.3) is 32.9 Å². The van der Waals surface area contributed by atoms with Gasteiger partial charge in [0.2, 0.25) is 0 Å². The Morgan fingerprint density at radius 3 is 2.73 bits per heavy atom. The summed E-state index contributed by atoms with van der Waals surface area (Å²) in [6.45, 7) is 1.97. The number of aromatic amines is 2. The third-order valence-corrected chi connectivity index (χ3v) is 6.36. The largest absolute Gasteiger partial charge is 0.361 e. The molecule has 5 aromatic rings. The molecule has 2 aromatic carbocycles. The molecule has 1 aliphatic rings. The molecular formula is C26H24N6O. The Hall–Kier alpha value is -4.13. The quantitative estimate of drug-likeness (QED) is 0.354. The molecule has 33 heavy (non-hydrogen) atoms. The van der Waals surface area contributed by atoms with Crippen molar-refractivity contribution in [2.75, 3.05) is 23.3 Å². The maximum absolute atomic E-state index is 13.2. The van der Waals surface area contributed by atoms with Crippen LogP contribution < -0.4 is 10.2 Å². The van der Waals surface area contributed by atoms with E-state index in [9.17, 15) is 4.79 Å². The van der Waals surface area contributed by atoms with Gasteiger partial charge in [-0.2, -0.15) is 5.10 Å². The zero-order valence-corrected chi connectivity index (χ0v) is 18.1. The van der Waals surface area contributed by atoms with Gasteiger partial charge < -0.3 is 15.2 Å². The lowest BCUT2D eigenvalue weighted by molar-refractivity contribution is 0.102. The number of H-pyrrole nitrogens is 2. The fourth-order valence-corrected chi connectivity index (χ4v) is 4.68. The second kappa shape index (κ2) is 8.09. The first kappa shape index (κ1) is 19.5. The van der Waals surface area contributed by atoms with E-state index in [2.05, 4.69) is 54.6 Å². The molecule has 1 saturated heterocycles.